The van der Waals surface area contributed by atoms with Gasteiger partial charge in [-0.05, 0) is 12.5 Å². The smallest absolute Gasteiger partial charge is 0.0746 e. The number of benzene rings is 1. The zero-order chi connectivity index (χ0) is 10.1. The Hall–Kier alpha value is -1.12. The van der Waals surface area contributed by atoms with Crippen molar-refractivity contribution in [2.75, 3.05) is 0 Å². The molecule has 72 valence electrons. The van der Waals surface area contributed by atoms with E-state index in [4.69, 9.17) is 17.3 Å². The highest BCUT2D eigenvalue weighted by Gasteiger charge is 2.06. The van der Waals surface area contributed by atoms with E-state index in [0.717, 1.165) is 27.1 Å². The van der Waals surface area contributed by atoms with E-state index in [1.807, 2.05) is 25.1 Å². The Balaban J connectivity index is 2.84. The third kappa shape index (κ3) is 1.37. The van der Waals surface area contributed by atoms with Gasteiger partial charge in [-0.1, -0.05) is 29.8 Å². The second kappa shape index (κ2) is 3.56. The van der Waals surface area contributed by atoms with E-state index in [1.165, 1.54) is 0 Å². The fourth-order valence-corrected chi connectivity index (χ4v) is 1.80. The Morgan fingerprint density at radius 2 is 2.21 bits per heavy atom. The summed E-state index contributed by atoms with van der Waals surface area (Å²) in [6.07, 6.45) is 1.75. The molecule has 0 aliphatic rings. The monoisotopic (exact) mass is 206 g/mol. The minimum atomic E-state index is 0.426. The van der Waals surface area contributed by atoms with Crippen molar-refractivity contribution in [3.63, 3.8) is 0 Å². The molecule has 0 saturated carbocycles. The summed E-state index contributed by atoms with van der Waals surface area (Å²) >= 11 is 6.19. The maximum absolute atomic E-state index is 6.19. The second-order valence-electron chi connectivity index (χ2n) is 3.27. The second-order valence-corrected chi connectivity index (χ2v) is 3.65. The summed E-state index contributed by atoms with van der Waals surface area (Å²) in [5.41, 5.74) is 8.53. The molecular formula is C11H11ClN2. The lowest BCUT2D eigenvalue weighted by atomic mass is 10.1. The molecule has 0 saturated heterocycles. The number of para-hydroxylation sites is 1. The van der Waals surface area contributed by atoms with Crippen LogP contribution >= 0.6 is 11.6 Å². The lowest BCUT2D eigenvalue weighted by Gasteiger charge is -2.06. The summed E-state index contributed by atoms with van der Waals surface area (Å²) < 4.78 is 0. The Morgan fingerprint density at radius 3 is 2.93 bits per heavy atom. The molecule has 0 unspecified atom stereocenters. The molecule has 0 bridgehead atoms. The van der Waals surface area contributed by atoms with Crippen LogP contribution in [-0.2, 0) is 6.54 Å². The maximum atomic E-state index is 6.19. The molecule has 0 fully saturated rings. The number of pyridine rings is 1. The number of fused-ring (bicyclic) bond motifs is 1. The van der Waals surface area contributed by atoms with Crippen LogP contribution in [0.1, 0.15) is 11.1 Å². The van der Waals surface area contributed by atoms with Gasteiger partial charge in [0, 0.05) is 23.7 Å². The van der Waals surface area contributed by atoms with Crippen molar-refractivity contribution in [3.8, 4) is 0 Å². The van der Waals surface area contributed by atoms with E-state index >= 15 is 0 Å². The Kier molecular flexibility index (Phi) is 2.40. The van der Waals surface area contributed by atoms with Gasteiger partial charge in [0.15, 0.2) is 0 Å². The van der Waals surface area contributed by atoms with Gasteiger partial charge in [0.05, 0.1) is 10.5 Å². The van der Waals surface area contributed by atoms with Crippen LogP contribution in [0.15, 0.2) is 24.4 Å². The molecule has 3 heteroatoms. The first-order valence-corrected chi connectivity index (χ1v) is 4.84. The molecule has 0 radical (unpaired) electrons. The molecular weight excluding hydrogens is 196 g/mol. The molecule has 1 aromatic carbocycles. The van der Waals surface area contributed by atoms with E-state index in [1.54, 1.807) is 6.20 Å². The number of rotatable bonds is 1. The SMILES string of the molecule is Cc1cccc2c(Cl)c(CN)cnc12. The number of aryl methyl sites for hydroxylation is 1. The fourth-order valence-electron chi connectivity index (χ4n) is 1.52. The summed E-state index contributed by atoms with van der Waals surface area (Å²) in [6, 6.07) is 5.97. The minimum Gasteiger partial charge on any atom is -0.326 e. The van der Waals surface area contributed by atoms with Gasteiger partial charge in [0.1, 0.15) is 0 Å². The van der Waals surface area contributed by atoms with Gasteiger partial charge < -0.3 is 5.73 Å². The lowest BCUT2D eigenvalue weighted by Crippen LogP contribution is -1.99. The van der Waals surface area contributed by atoms with E-state index in [-0.39, 0.29) is 0 Å². The minimum absolute atomic E-state index is 0.426. The normalized spacial score (nSPS) is 10.8. The van der Waals surface area contributed by atoms with Gasteiger partial charge in [-0.25, -0.2) is 0 Å². The highest BCUT2D eigenvalue weighted by molar-refractivity contribution is 6.36. The zero-order valence-corrected chi connectivity index (χ0v) is 8.67. The Morgan fingerprint density at radius 1 is 1.43 bits per heavy atom. The van der Waals surface area contributed by atoms with Gasteiger partial charge in [-0.15, -0.1) is 0 Å². The number of hydrogen-bond donors (Lipinski definition) is 1. The highest BCUT2D eigenvalue weighted by Crippen LogP contribution is 2.26. The van der Waals surface area contributed by atoms with Crippen LogP contribution in [0.25, 0.3) is 10.9 Å². The van der Waals surface area contributed by atoms with Crippen molar-refractivity contribution >= 4 is 22.5 Å². The maximum Gasteiger partial charge on any atom is 0.0746 e. The summed E-state index contributed by atoms with van der Waals surface area (Å²) in [4.78, 5) is 4.35. The number of nitrogens with zero attached hydrogens (tertiary/aromatic N) is 1. The molecule has 2 N–H and O–H groups in total. The quantitative estimate of drug-likeness (QED) is 0.779. The summed E-state index contributed by atoms with van der Waals surface area (Å²) in [6.45, 7) is 2.45. The Bertz CT molecular complexity index is 480. The van der Waals surface area contributed by atoms with Crippen molar-refractivity contribution in [1.82, 2.24) is 4.98 Å². The van der Waals surface area contributed by atoms with Crippen LogP contribution < -0.4 is 5.73 Å². The first-order chi connectivity index (χ1) is 6.74. The number of halogens is 1. The summed E-state index contributed by atoms with van der Waals surface area (Å²) in [7, 11) is 0. The topological polar surface area (TPSA) is 38.9 Å². The molecule has 2 rings (SSSR count). The van der Waals surface area contributed by atoms with Crippen molar-refractivity contribution in [1.29, 1.82) is 0 Å². The van der Waals surface area contributed by atoms with Crippen LogP contribution in [-0.4, -0.2) is 4.98 Å². The van der Waals surface area contributed by atoms with Crippen LogP contribution in [0, 0.1) is 6.92 Å². The van der Waals surface area contributed by atoms with Crippen LogP contribution in [0.4, 0.5) is 0 Å². The first-order valence-electron chi connectivity index (χ1n) is 4.47. The number of aromatic nitrogens is 1. The summed E-state index contributed by atoms with van der Waals surface area (Å²) in [5.74, 6) is 0. The zero-order valence-electron chi connectivity index (χ0n) is 7.92. The van der Waals surface area contributed by atoms with Crippen LogP contribution in [0.5, 0.6) is 0 Å². The van der Waals surface area contributed by atoms with E-state index in [0.29, 0.717) is 6.54 Å². The average molecular weight is 207 g/mol. The molecule has 2 aromatic rings. The van der Waals surface area contributed by atoms with Crippen molar-refractivity contribution in [2.45, 2.75) is 13.5 Å². The van der Waals surface area contributed by atoms with Gasteiger partial charge in [-0.2, -0.15) is 0 Å². The van der Waals surface area contributed by atoms with Gasteiger partial charge in [0.2, 0.25) is 0 Å². The van der Waals surface area contributed by atoms with Crippen molar-refractivity contribution < 1.29 is 0 Å². The van der Waals surface area contributed by atoms with Crippen molar-refractivity contribution in [3.05, 3.63) is 40.5 Å². The molecule has 0 amide bonds. The Labute approximate surface area is 87.7 Å². The molecule has 14 heavy (non-hydrogen) atoms. The van der Waals surface area contributed by atoms with E-state index in [2.05, 4.69) is 4.98 Å². The molecule has 2 nitrogen and oxygen atoms in total. The molecule has 0 aliphatic carbocycles. The first kappa shape index (κ1) is 9.44. The predicted molar refractivity (Wildman–Crippen MR) is 59.4 cm³/mol. The summed E-state index contributed by atoms with van der Waals surface area (Å²) in [5, 5.41) is 1.70. The molecule has 0 aliphatic heterocycles. The third-order valence-electron chi connectivity index (χ3n) is 2.33. The van der Waals surface area contributed by atoms with Crippen LogP contribution in [0.2, 0.25) is 5.02 Å². The molecule has 1 heterocycles. The molecule has 0 spiro atoms. The highest BCUT2D eigenvalue weighted by atomic mass is 35.5. The van der Waals surface area contributed by atoms with Crippen LogP contribution in [0.3, 0.4) is 0 Å². The predicted octanol–water partition coefficient (Wildman–Crippen LogP) is 2.66. The standard InChI is InChI=1S/C11H11ClN2/c1-7-3-2-4-9-10(12)8(5-13)6-14-11(7)9/h2-4,6H,5,13H2,1H3. The third-order valence-corrected chi connectivity index (χ3v) is 2.77. The van der Waals surface area contributed by atoms with Gasteiger partial charge in [-0.3, -0.25) is 4.98 Å². The molecule has 0 atom stereocenters. The number of hydrogen-bond acceptors (Lipinski definition) is 2. The van der Waals surface area contributed by atoms with E-state index in [9.17, 15) is 0 Å². The fraction of sp³-hybridized carbons (Fsp3) is 0.182. The van der Waals surface area contributed by atoms with Gasteiger partial charge >= 0.3 is 0 Å². The largest absolute Gasteiger partial charge is 0.326 e. The average Bonchev–Trinajstić information content (AvgIpc) is 2.20. The number of nitrogens with two attached hydrogens (primary N) is 1. The van der Waals surface area contributed by atoms with Gasteiger partial charge in [0.25, 0.3) is 0 Å². The van der Waals surface area contributed by atoms with Crippen molar-refractivity contribution in [2.24, 2.45) is 5.73 Å². The molecule has 1 aromatic heterocycles. The van der Waals surface area contributed by atoms with E-state index < -0.39 is 0 Å². The lowest BCUT2D eigenvalue weighted by molar-refractivity contribution is 1.06.